The molecule has 0 bridgehead atoms. The van der Waals surface area contributed by atoms with Crippen molar-refractivity contribution in [3.05, 3.63) is 65.5 Å². The van der Waals surface area contributed by atoms with Gasteiger partial charge in [-0.3, -0.25) is 4.98 Å². The molecule has 0 aliphatic heterocycles. The summed E-state index contributed by atoms with van der Waals surface area (Å²) in [6.45, 7) is 3.13. The van der Waals surface area contributed by atoms with E-state index in [9.17, 15) is 9.90 Å². The lowest BCUT2D eigenvalue weighted by atomic mass is 9.86. The summed E-state index contributed by atoms with van der Waals surface area (Å²) in [5, 5.41) is 14.4. The molecule has 0 spiro atoms. The van der Waals surface area contributed by atoms with Crippen molar-refractivity contribution < 1.29 is 9.90 Å². The zero-order valence-electron chi connectivity index (χ0n) is 20.2. The molecule has 2 aromatic heterocycles. The number of nitrogens with zero attached hydrogens (tertiary/aromatic N) is 4. The van der Waals surface area contributed by atoms with Crippen molar-refractivity contribution in [2.75, 3.05) is 0 Å². The first-order chi connectivity index (χ1) is 16.6. The normalized spacial score (nSPS) is 14.4. The predicted molar refractivity (Wildman–Crippen MR) is 134 cm³/mol. The van der Waals surface area contributed by atoms with Crippen LogP contribution in [0.15, 0.2) is 42.7 Å². The van der Waals surface area contributed by atoms with E-state index in [1.807, 2.05) is 12.1 Å². The van der Waals surface area contributed by atoms with E-state index in [4.69, 9.17) is 10.1 Å². The number of rotatable bonds is 11. The molecule has 1 saturated carbocycles. The second kappa shape index (κ2) is 11.9. The van der Waals surface area contributed by atoms with Gasteiger partial charge in [0.25, 0.3) is 0 Å². The van der Waals surface area contributed by atoms with E-state index >= 15 is 0 Å². The van der Waals surface area contributed by atoms with E-state index in [0.717, 1.165) is 54.5 Å². The first-order valence-corrected chi connectivity index (χ1v) is 12.8. The molecule has 1 aromatic carbocycles. The number of aromatic nitrogens is 4. The molecule has 6 heteroatoms. The first-order valence-electron chi connectivity index (χ1n) is 12.8. The Labute approximate surface area is 202 Å². The maximum Gasteiger partial charge on any atom is 0.337 e. The van der Waals surface area contributed by atoms with Gasteiger partial charge in [0.2, 0.25) is 0 Å². The second-order valence-electron chi connectivity index (χ2n) is 9.52. The van der Waals surface area contributed by atoms with E-state index in [-0.39, 0.29) is 5.56 Å². The van der Waals surface area contributed by atoms with Crippen molar-refractivity contribution >= 4 is 5.97 Å². The molecule has 3 aromatic rings. The number of hydrogen-bond acceptors (Lipinski definition) is 4. The Kier molecular flexibility index (Phi) is 8.45. The van der Waals surface area contributed by atoms with Crippen molar-refractivity contribution in [3.8, 4) is 11.1 Å². The van der Waals surface area contributed by atoms with Crippen LogP contribution < -0.4 is 0 Å². The molecular formula is C28H36N4O2. The second-order valence-corrected chi connectivity index (χ2v) is 9.52. The van der Waals surface area contributed by atoms with E-state index in [1.54, 1.807) is 12.3 Å². The molecule has 0 atom stereocenters. The van der Waals surface area contributed by atoms with Crippen LogP contribution in [-0.2, 0) is 19.4 Å². The lowest BCUT2D eigenvalue weighted by molar-refractivity contribution is 0.0697. The summed E-state index contributed by atoms with van der Waals surface area (Å²) in [6.07, 6.45) is 16.3. The number of carbonyl (C=O) groups is 1. The van der Waals surface area contributed by atoms with Crippen molar-refractivity contribution in [3.63, 3.8) is 0 Å². The lowest BCUT2D eigenvalue weighted by Gasteiger charge is -2.20. The largest absolute Gasteiger partial charge is 0.478 e. The predicted octanol–water partition coefficient (Wildman–Crippen LogP) is 6.33. The average molecular weight is 461 g/mol. The molecule has 6 nitrogen and oxygen atoms in total. The molecule has 1 N–H and O–H groups in total. The standard InChI is InChI=1S/C28H36N4O2/c1-2-3-7-18-32-27(30-26(31-32)15-12-21-8-5-4-6-9-21)19-22-10-13-23(14-11-22)24-16-17-29-20-25(24)28(33)34/h10-11,13-14,16-17,20-21H,2-9,12,15,18-19H2,1H3,(H,33,34). The molecule has 0 amide bonds. The molecular weight excluding hydrogens is 424 g/mol. The van der Waals surface area contributed by atoms with Crippen LogP contribution in [-0.4, -0.2) is 30.8 Å². The monoisotopic (exact) mass is 460 g/mol. The van der Waals surface area contributed by atoms with Crippen molar-refractivity contribution in [1.29, 1.82) is 0 Å². The van der Waals surface area contributed by atoms with Crippen molar-refractivity contribution in [2.24, 2.45) is 5.92 Å². The summed E-state index contributed by atoms with van der Waals surface area (Å²) in [7, 11) is 0. The van der Waals surface area contributed by atoms with Gasteiger partial charge in [-0.15, -0.1) is 0 Å². The molecule has 0 unspecified atom stereocenters. The number of aromatic carboxylic acids is 1. The van der Waals surface area contributed by atoms with Gasteiger partial charge >= 0.3 is 5.97 Å². The van der Waals surface area contributed by atoms with Gasteiger partial charge in [-0.2, -0.15) is 5.10 Å². The Bertz CT molecular complexity index is 1070. The minimum atomic E-state index is -0.965. The smallest absolute Gasteiger partial charge is 0.337 e. The maximum absolute atomic E-state index is 11.5. The van der Waals surface area contributed by atoms with Crippen molar-refractivity contribution in [2.45, 2.75) is 84.1 Å². The Morgan fingerprint density at radius 2 is 1.88 bits per heavy atom. The topological polar surface area (TPSA) is 80.9 Å². The van der Waals surface area contributed by atoms with Gasteiger partial charge in [0.15, 0.2) is 5.82 Å². The third kappa shape index (κ3) is 6.31. The molecule has 2 heterocycles. The molecule has 1 fully saturated rings. The molecule has 34 heavy (non-hydrogen) atoms. The van der Waals surface area contributed by atoms with E-state index in [2.05, 4.69) is 28.7 Å². The van der Waals surface area contributed by atoms with Gasteiger partial charge in [-0.1, -0.05) is 76.1 Å². The molecule has 1 aliphatic rings. The van der Waals surface area contributed by atoms with Gasteiger partial charge in [0, 0.05) is 31.8 Å². The first kappa shape index (κ1) is 24.1. The van der Waals surface area contributed by atoms with Gasteiger partial charge < -0.3 is 5.11 Å². The Morgan fingerprint density at radius 3 is 2.62 bits per heavy atom. The fourth-order valence-corrected chi connectivity index (χ4v) is 4.96. The fourth-order valence-electron chi connectivity index (χ4n) is 4.96. The summed E-state index contributed by atoms with van der Waals surface area (Å²) in [5.74, 6) is 1.88. The van der Waals surface area contributed by atoms with Gasteiger partial charge in [-0.05, 0) is 41.5 Å². The van der Waals surface area contributed by atoms with Crippen LogP contribution in [0.1, 0.15) is 92.3 Å². The maximum atomic E-state index is 11.5. The van der Waals surface area contributed by atoms with Gasteiger partial charge in [0.05, 0.1) is 5.56 Å². The summed E-state index contributed by atoms with van der Waals surface area (Å²) < 4.78 is 2.12. The number of hydrogen-bond donors (Lipinski definition) is 1. The highest BCUT2D eigenvalue weighted by molar-refractivity contribution is 5.95. The number of benzene rings is 1. The Hall–Kier alpha value is -3.02. The number of pyridine rings is 1. The third-order valence-electron chi connectivity index (χ3n) is 6.95. The third-order valence-corrected chi connectivity index (χ3v) is 6.95. The van der Waals surface area contributed by atoms with Crippen LogP contribution in [0.5, 0.6) is 0 Å². The summed E-state index contributed by atoms with van der Waals surface area (Å²) in [6, 6.07) is 9.85. The van der Waals surface area contributed by atoms with Crippen LogP contribution in [0.2, 0.25) is 0 Å². The highest BCUT2D eigenvalue weighted by Crippen LogP contribution is 2.27. The molecule has 0 saturated heterocycles. The number of carboxylic acids is 1. The summed E-state index contributed by atoms with van der Waals surface area (Å²) in [5.41, 5.74) is 2.93. The average Bonchev–Trinajstić information content (AvgIpc) is 3.25. The van der Waals surface area contributed by atoms with E-state index in [0.29, 0.717) is 5.56 Å². The summed E-state index contributed by atoms with van der Waals surface area (Å²) >= 11 is 0. The van der Waals surface area contributed by atoms with Crippen LogP contribution >= 0.6 is 0 Å². The minimum Gasteiger partial charge on any atom is -0.478 e. The fraction of sp³-hybridized carbons (Fsp3) is 0.500. The van der Waals surface area contributed by atoms with Crippen LogP contribution in [0, 0.1) is 5.92 Å². The van der Waals surface area contributed by atoms with Crippen LogP contribution in [0.4, 0.5) is 0 Å². The van der Waals surface area contributed by atoms with Gasteiger partial charge in [0.1, 0.15) is 5.82 Å². The molecule has 1 aliphatic carbocycles. The lowest BCUT2D eigenvalue weighted by Crippen LogP contribution is -2.08. The Balaban J connectivity index is 1.47. The minimum absolute atomic E-state index is 0.216. The summed E-state index contributed by atoms with van der Waals surface area (Å²) in [4.78, 5) is 20.5. The van der Waals surface area contributed by atoms with E-state index < -0.39 is 5.97 Å². The Morgan fingerprint density at radius 1 is 1.09 bits per heavy atom. The molecule has 4 rings (SSSR count). The van der Waals surface area contributed by atoms with E-state index in [1.165, 1.54) is 57.6 Å². The van der Waals surface area contributed by atoms with Gasteiger partial charge in [-0.25, -0.2) is 14.5 Å². The van der Waals surface area contributed by atoms with Crippen LogP contribution in [0.3, 0.4) is 0 Å². The highest BCUT2D eigenvalue weighted by Gasteiger charge is 2.17. The SMILES string of the molecule is CCCCCn1nc(CCC2CCCCC2)nc1Cc1ccc(-c2ccncc2C(=O)O)cc1. The number of carboxylic acid groups (broad SMARTS) is 1. The zero-order chi connectivity index (χ0) is 23.8. The van der Waals surface area contributed by atoms with Crippen LogP contribution in [0.25, 0.3) is 11.1 Å². The highest BCUT2D eigenvalue weighted by atomic mass is 16.4. The molecule has 0 radical (unpaired) electrons. The zero-order valence-corrected chi connectivity index (χ0v) is 20.2. The number of aryl methyl sites for hydroxylation is 2. The quantitative estimate of drug-likeness (QED) is 0.338. The van der Waals surface area contributed by atoms with Crippen molar-refractivity contribution in [1.82, 2.24) is 19.7 Å². The number of unbranched alkanes of at least 4 members (excludes halogenated alkanes) is 2. The molecule has 180 valence electrons.